The maximum absolute atomic E-state index is 3.24. The molecule has 140 valence electrons. The van der Waals surface area contributed by atoms with E-state index in [-0.39, 0.29) is 0 Å². The highest BCUT2D eigenvalue weighted by Gasteiger charge is 2.05. The minimum absolute atomic E-state index is 0.943. The number of unbranched alkanes of at least 4 members (excludes halogenated alkanes) is 8. The third-order valence-corrected chi connectivity index (χ3v) is 5.32. The third kappa shape index (κ3) is 18.1. The van der Waals surface area contributed by atoms with Gasteiger partial charge in [0, 0.05) is 0 Å². The van der Waals surface area contributed by atoms with Crippen molar-refractivity contribution in [1.29, 1.82) is 0 Å². The van der Waals surface area contributed by atoms with E-state index in [1.165, 1.54) is 103 Å². The molecular formula is C22H47N. The largest absolute Gasteiger partial charge is 0.320 e. The first-order valence-electron chi connectivity index (χ1n) is 10.8. The smallest absolute Gasteiger partial charge is 0.00519 e. The molecule has 0 bridgehead atoms. The predicted molar refractivity (Wildman–Crippen MR) is 107 cm³/mol. The molecule has 0 aliphatic rings. The summed E-state index contributed by atoms with van der Waals surface area (Å²) < 4.78 is 0. The van der Waals surface area contributed by atoms with Gasteiger partial charge in [-0.15, -0.1) is 0 Å². The van der Waals surface area contributed by atoms with Crippen molar-refractivity contribution in [2.24, 2.45) is 11.8 Å². The van der Waals surface area contributed by atoms with Crippen LogP contribution in [-0.4, -0.2) is 13.6 Å². The first kappa shape index (κ1) is 23.0. The van der Waals surface area contributed by atoms with Gasteiger partial charge in [0.05, 0.1) is 0 Å². The fourth-order valence-electron chi connectivity index (χ4n) is 3.52. The molecule has 2 atom stereocenters. The lowest BCUT2D eigenvalue weighted by molar-refractivity contribution is 0.401. The normalized spacial score (nSPS) is 14.1. The van der Waals surface area contributed by atoms with Gasteiger partial charge in [0.15, 0.2) is 0 Å². The van der Waals surface area contributed by atoms with E-state index in [1.54, 1.807) is 0 Å². The fourth-order valence-corrected chi connectivity index (χ4v) is 3.52. The average Bonchev–Trinajstić information content (AvgIpc) is 2.54. The SMILES string of the molecule is CCCCCCCCC(C)CCCCC(C)CCCCCNC. The van der Waals surface area contributed by atoms with Gasteiger partial charge in [0.1, 0.15) is 0 Å². The van der Waals surface area contributed by atoms with Gasteiger partial charge in [-0.05, 0) is 31.8 Å². The quantitative estimate of drug-likeness (QED) is 0.260. The summed E-state index contributed by atoms with van der Waals surface area (Å²) in [5.74, 6) is 1.90. The van der Waals surface area contributed by atoms with E-state index in [0.717, 1.165) is 11.8 Å². The van der Waals surface area contributed by atoms with E-state index in [1.807, 2.05) is 0 Å². The molecule has 2 unspecified atom stereocenters. The van der Waals surface area contributed by atoms with Crippen LogP contribution in [0.2, 0.25) is 0 Å². The van der Waals surface area contributed by atoms with E-state index in [0.29, 0.717) is 0 Å². The molecule has 0 aliphatic heterocycles. The van der Waals surface area contributed by atoms with Crippen molar-refractivity contribution in [2.75, 3.05) is 13.6 Å². The van der Waals surface area contributed by atoms with Gasteiger partial charge < -0.3 is 5.32 Å². The van der Waals surface area contributed by atoms with E-state index in [4.69, 9.17) is 0 Å². The zero-order chi connectivity index (χ0) is 17.2. The second-order valence-electron chi connectivity index (χ2n) is 8.00. The molecule has 0 heterocycles. The van der Waals surface area contributed by atoms with Crippen LogP contribution in [-0.2, 0) is 0 Å². The molecule has 1 nitrogen and oxygen atoms in total. The van der Waals surface area contributed by atoms with Crippen molar-refractivity contribution in [3.8, 4) is 0 Å². The summed E-state index contributed by atoms with van der Waals surface area (Å²) in [7, 11) is 2.05. The molecule has 0 saturated heterocycles. The molecule has 0 aromatic carbocycles. The number of hydrogen-bond acceptors (Lipinski definition) is 1. The Kier molecular flexibility index (Phi) is 18.3. The molecule has 0 amide bonds. The summed E-state index contributed by atoms with van der Waals surface area (Å²) in [5, 5.41) is 3.24. The minimum atomic E-state index is 0.943. The lowest BCUT2D eigenvalue weighted by atomic mass is 9.93. The first-order chi connectivity index (χ1) is 11.2. The Balaban J connectivity index is 3.28. The number of nitrogens with one attached hydrogen (secondary N) is 1. The monoisotopic (exact) mass is 325 g/mol. The Morgan fingerprint density at radius 1 is 0.565 bits per heavy atom. The van der Waals surface area contributed by atoms with Gasteiger partial charge in [-0.3, -0.25) is 0 Å². The Labute approximate surface area is 148 Å². The summed E-state index contributed by atoms with van der Waals surface area (Å²) in [6.45, 7) is 8.41. The molecule has 0 saturated carbocycles. The molecule has 0 aliphatic carbocycles. The third-order valence-electron chi connectivity index (χ3n) is 5.32. The van der Waals surface area contributed by atoms with Crippen LogP contribution < -0.4 is 5.32 Å². The van der Waals surface area contributed by atoms with E-state index in [2.05, 4.69) is 33.1 Å². The molecule has 1 N–H and O–H groups in total. The van der Waals surface area contributed by atoms with E-state index >= 15 is 0 Å². The van der Waals surface area contributed by atoms with Crippen molar-refractivity contribution < 1.29 is 0 Å². The van der Waals surface area contributed by atoms with Crippen LogP contribution in [0.15, 0.2) is 0 Å². The molecule has 23 heavy (non-hydrogen) atoms. The Bertz CT molecular complexity index is 214. The molecule has 0 rings (SSSR count). The van der Waals surface area contributed by atoms with Crippen LogP contribution in [0.5, 0.6) is 0 Å². The Morgan fingerprint density at radius 3 is 1.43 bits per heavy atom. The maximum Gasteiger partial charge on any atom is -0.00519 e. The standard InChI is InChI=1S/C22H47N/c1-5-6-7-8-9-11-16-21(2)18-13-14-19-22(3)17-12-10-15-20-23-4/h21-23H,5-20H2,1-4H3. The lowest BCUT2D eigenvalue weighted by Gasteiger charge is -2.13. The number of rotatable bonds is 18. The molecule has 0 aromatic heterocycles. The maximum atomic E-state index is 3.24. The second kappa shape index (κ2) is 18.3. The minimum Gasteiger partial charge on any atom is -0.320 e. The van der Waals surface area contributed by atoms with Gasteiger partial charge in [-0.2, -0.15) is 0 Å². The van der Waals surface area contributed by atoms with Gasteiger partial charge in [0.2, 0.25) is 0 Å². The Morgan fingerprint density at radius 2 is 0.957 bits per heavy atom. The van der Waals surface area contributed by atoms with Crippen LogP contribution in [0.1, 0.15) is 117 Å². The number of hydrogen-bond donors (Lipinski definition) is 1. The van der Waals surface area contributed by atoms with Gasteiger partial charge in [0.25, 0.3) is 0 Å². The summed E-state index contributed by atoms with van der Waals surface area (Å²) in [5.41, 5.74) is 0. The van der Waals surface area contributed by atoms with Crippen molar-refractivity contribution in [3.05, 3.63) is 0 Å². The summed E-state index contributed by atoms with van der Waals surface area (Å²) >= 11 is 0. The van der Waals surface area contributed by atoms with Crippen molar-refractivity contribution >= 4 is 0 Å². The first-order valence-corrected chi connectivity index (χ1v) is 10.8. The van der Waals surface area contributed by atoms with Crippen LogP contribution in [0.4, 0.5) is 0 Å². The van der Waals surface area contributed by atoms with Gasteiger partial charge >= 0.3 is 0 Å². The lowest BCUT2D eigenvalue weighted by Crippen LogP contribution is -2.07. The Hall–Kier alpha value is -0.0400. The zero-order valence-corrected chi connectivity index (χ0v) is 17.0. The van der Waals surface area contributed by atoms with Crippen molar-refractivity contribution in [3.63, 3.8) is 0 Å². The molecule has 0 aromatic rings. The van der Waals surface area contributed by atoms with Crippen LogP contribution in [0, 0.1) is 11.8 Å². The fraction of sp³-hybridized carbons (Fsp3) is 1.00. The van der Waals surface area contributed by atoms with Crippen LogP contribution in [0.25, 0.3) is 0 Å². The highest BCUT2D eigenvalue weighted by Crippen LogP contribution is 2.20. The zero-order valence-electron chi connectivity index (χ0n) is 17.0. The van der Waals surface area contributed by atoms with Crippen LogP contribution in [0.3, 0.4) is 0 Å². The topological polar surface area (TPSA) is 12.0 Å². The average molecular weight is 326 g/mol. The van der Waals surface area contributed by atoms with Crippen LogP contribution >= 0.6 is 0 Å². The summed E-state index contributed by atoms with van der Waals surface area (Å²) in [6, 6.07) is 0. The van der Waals surface area contributed by atoms with Gasteiger partial charge in [-0.1, -0.05) is 111 Å². The van der Waals surface area contributed by atoms with Crippen molar-refractivity contribution in [1.82, 2.24) is 5.32 Å². The highest BCUT2D eigenvalue weighted by molar-refractivity contribution is 4.58. The van der Waals surface area contributed by atoms with E-state index in [9.17, 15) is 0 Å². The van der Waals surface area contributed by atoms with Gasteiger partial charge in [-0.25, -0.2) is 0 Å². The second-order valence-corrected chi connectivity index (χ2v) is 8.00. The molecule has 0 spiro atoms. The molecule has 0 radical (unpaired) electrons. The molecular weight excluding hydrogens is 278 g/mol. The van der Waals surface area contributed by atoms with E-state index < -0.39 is 0 Å². The summed E-state index contributed by atoms with van der Waals surface area (Å²) in [6.07, 6.45) is 21.6. The molecule has 0 fully saturated rings. The highest BCUT2D eigenvalue weighted by atomic mass is 14.8. The van der Waals surface area contributed by atoms with Crippen molar-refractivity contribution in [2.45, 2.75) is 117 Å². The molecule has 1 heteroatoms. The predicted octanol–water partition coefficient (Wildman–Crippen LogP) is 7.35. The summed E-state index contributed by atoms with van der Waals surface area (Å²) in [4.78, 5) is 0.